The molecule has 2 atom stereocenters. The first-order valence-corrected chi connectivity index (χ1v) is 11.7. The number of hydrogen-bond acceptors (Lipinski definition) is 5. The SMILES string of the molecule is CC(Oc1ccc2[nH]nc(-c3nc4c([nH]3)CN(CC3CCCN3)C4)c2c1)c1cc(F)cc(F)c1. The molecule has 0 aliphatic carbocycles. The van der Waals surface area contributed by atoms with E-state index in [4.69, 9.17) is 9.72 Å². The van der Waals surface area contributed by atoms with Gasteiger partial charge in [0.2, 0.25) is 0 Å². The van der Waals surface area contributed by atoms with Crippen molar-refractivity contribution in [1.29, 1.82) is 0 Å². The number of halogens is 2. The number of aromatic amines is 2. The van der Waals surface area contributed by atoms with E-state index >= 15 is 0 Å². The summed E-state index contributed by atoms with van der Waals surface area (Å²) >= 11 is 0. The molecule has 34 heavy (non-hydrogen) atoms. The molecule has 176 valence electrons. The Balaban J connectivity index is 1.21. The van der Waals surface area contributed by atoms with Crippen LogP contribution in [0.2, 0.25) is 0 Å². The molecule has 0 amide bonds. The lowest BCUT2D eigenvalue weighted by atomic mass is 10.1. The lowest BCUT2D eigenvalue weighted by molar-refractivity contribution is 0.226. The molecule has 2 aromatic carbocycles. The van der Waals surface area contributed by atoms with E-state index in [1.807, 2.05) is 18.2 Å². The van der Waals surface area contributed by atoms with Gasteiger partial charge in [-0.25, -0.2) is 13.8 Å². The van der Waals surface area contributed by atoms with Crippen molar-refractivity contribution < 1.29 is 13.5 Å². The Morgan fingerprint density at radius 2 is 2.00 bits per heavy atom. The van der Waals surface area contributed by atoms with E-state index in [0.29, 0.717) is 17.4 Å². The second kappa shape index (κ2) is 8.48. The zero-order chi connectivity index (χ0) is 23.2. The molecular formula is C25H26F2N6O. The molecule has 4 aromatic rings. The summed E-state index contributed by atoms with van der Waals surface area (Å²) in [5, 5.41) is 12.0. The van der Waals surface area contributed by atoms with Gasteiger partial charge in [-0.1, -0.05) is 0 Å². The van der Waals surface area contributed by atoms with Crippen molar-refractivity contribution >= 4 is 10.9 Å². The van der Waals surface area contributed by atoms with Crippen LogP contribution in [0.3, 0.4) is 0 Å². The molecule has 0 bridgehead atoms. The summed E-state index contributed by atoms with van der Waals surface area (Å²) in [6, 6.07) is 9.57. The Morgan fingerprint density at radius 1 is 1.15 bits per heavy atom. The largest absolute Gasteiger partial charge is 0.486 e. The molecule has 9 heteroatoms. The normalized spacial score (nSPS) is 19.1. The summed E-state index contributed by atoms with van der Waals surface area (Å²) in [6.07, 6.45) is 1.97. The van der Waals surface area contributed by atoms with E-state index < -0.39 is 17.7 Å². The summed E-state index contributed by atoms with van der Waals surface area (Å²) in [6.45, 7) is 5.61. The quantitative estimate of drug-likeness (QED) is 0.393. The van der Waals surface area contributed by atoms with Crippen molar-refractivity contribution in [3.63, 3.8) is 0 Å². The Hall–Kier alpha value is -3.30. The minimum Gasteiger partial charge on any atom is -0.486 e. The lowest BCUT2D eigenvalue weighted by Crippen LogP contribution is -2.34. The molecule has 2 unspecified atom stereocenters. The van der Waals surface area contributed by atoms with Crippen molar-refractivity contribution in [2.45, 2.75) is 45.0 Å². The molecule has 0 saturated carbocycles. The van der Waals surface area contributed by atoms with Crippen LogP contribution in [0.5, 0.6) is 5.75 Å². The van der Waals surface area contributed by atoms with Crippen molar-refractivity contribution in [2.75, 3.05) is 13.1 Å². The summed E-state index contributed by atoms with van der Waals surface area (Å²) in [5.41, 5.74) is 4.22. The van der Waals surface area contributed by atoms with E-state index in [9.17, 15) is 8.78 Å². The molecule has 1 fully saturated rings. The molecule has 4 heterocycles. The number of aromatic nitrogens is 4. The second-order valence-corrected chi connectivity index (χ2v) is 9.22. The maximum Gasteiger partial charge on any atom is 0.159 e. The molecule has 2 aromatic heterocycles. The van der Waals surface area contributed by atoms with Crippen LogP contribution in [0.25, 0.3) is 22.4 Å². The predicted octanol–water partition coefficient (Wildman–Crippen LogP) is 4.44. The first kappa shape index (κ1) is 21.2. The highest BCUT2D eigenvalue weighted by Gasteiger charge is 2.27. The van der Waals surface area contributed by atoms with Gasteiger partial charge in [-0.3, -0.25) is 10.00 Å². The number of benzene rings is 2. The Bertz CT molecular complexity index is 1300. The predicted molar refractivity (Wildman–Crippen MR) is 124 cm³/mol. The van der Waals surface area contributed by atoms with Crippen LogP contribution in [-0.2, 0) is 13.1 Å². The van der Waals surface area contributed by atoms with Gasteiger partial charge in [0.1, 0.15) is 29.2 Å². The molecular weight excluding hydrogens is 438 g/mol. The number of H-pyrrole nitrogens is 2. The number of hydrogen-bond donors (Lipinski definition) is 3. The van der Waals surface area contributed by atoms with Gasteiger partial charge in [0, 0.05) is 37.1 Å². The highest BCUT2D eigenvalue weighted by molar-refractivity contribution is 5.92. The number of fused-ring (bicyclic) bond motifs is 2. The van der Waals surface area contributed by atoms with Crippen LogP contribution < -0.4 is 10.1 Å². The van der Waals surface area contributed by atoms with Gasteiger partial charge in [0.25, 0.3) is 0 Å². The minimum atomic E-state index is -0.623. The average molecular weight is 465 g/mol. The Labute approximate surface area is 195 Å². The number of rotatable bonds is 6. The van der Waals surface area contributed by atoms with Crippen LogP contribution >= 0.6 is 0 Å². The van der Waals surface area contributed by atoms with Gasteiger partial charge >= 0.3 is 0 Å². The standard InChI is InChI=1S/C25H26F2N6O/c1-14(15-7-16(26)9-17(27)8-15)34-19-4-5-21-20(10-19)24(32-31-21)25-29-22-12-33(13-23(22)30-25)11-18-3-2-6-28-18/h4-5,7-10,14,18,28H,2-3,6,11-13H2,1H3,(H,29,30)(H,31,32). The first-order valence-electron chi connectivity index (χ1n) is 11.7. The Morgan fingerprint density at radius 3 is 2.76 bits per heavy atom. The van der Waals surface area contributed by atoms with Crippen molar-refractivity contribution in [2.24, 2.45) is 0 Å². The fraction of sp³-hybridized carbons (Fsp3) is 0.360. The molecule has 1 saturated heterocycles. The molecule has 6 rings (SSSR count). The maximum atomic E-state index is 13.6. The van der Waals surface area contributed by atoms with Crippen molar-refractivity contribution in [3.8, 4) is 17.3 Å². The van der Waals surface area contributed by atoms with Gasteiger partial charge < -0.3 is 15.0 Å². The molecule has 0 radical (unpaired) electrons. The van der Waals surface area contributed by atoms with Crippen LogP contribution in [0.15, 0.2) is 36.4 Å². The summed E-state index contributed by atoms with van der Waals surface area (Å²) in [7, 11) is 0. The monoisotopic (exact) mass is 464 g/mol. The van der Waals surface area contributed by atoms with Crippen LogP contribution in [0.4, 0.5) is 8.78 Å². The number of nitrogens with one attached hydrogen (secondary N) is 3. The maximum absolute atomic E-state index is 13.6. The van der Waals surface area contributed by atoms with E-state index in [2.05, 4.69) is 25.4 Å². The van der Waals surface area contributed by atoms with Gasteiger partial charge in [-0.05, 0) is 62.2 Å². The first-order chi connectivity index (χ1) is 16.5. The van der Waals surface area contributed by atoms with E-state index in [1.54, 1.807) is 6.92 Å². The number of imidazole rings is 1. The van der Waals surface area contributed by atoms with Crippen molar-refractivity contribution in [1.82, 2.24) is 30.4 Å². The molecule has 2 aliphatic rings. The van der Waals surface area contributed by atoms with Crippen LogP contribution in [0, 0.1) is 11.6 Å². The fourth-order valence-electron chi connectivity index (χ4n) is 4.99. The Kier molecular flexibility index (Phi) is 5.30. The highest BCUT2D eigenvalue weighted by Crippen LogP contribution is 2.32. The topological polar surface area (TPSA) is 81.9 Å². The third-order valence-corrected chi connectivity index (χ3v) is 6.69. The third-order valence-electron chi connectivity index (χ3n) is 6.69. The molecule has 0 spiro atoms. The summed E-state index contributed by atoms with van der Waals surface area (Å²) in [5.74, 6) is 0.0675. The smallest absolute Gasteiger partial charge is 0.159 e. The van der Waals surface area contributed by atoms with Gasteiger partial charge in [0.15, 0.2) is 5.82 Å². The van der Waals surface area contributed by atoms with Gasteiger partial charge in [-0.2, -0.15) is 5.10 Å². The van der Waals surface area contributed by atoms with Crippen molar-refractivity contribution in [3.05, 3.63) is 65.0 Å². The zero-order valence-corrected chi connectivity index (χ0v) is 18.9. The minimum absolute atomic E-state index is 0.435. The lowest BCUT2D eigenvalue weighted by Gasteiger charge is -2.19. The van der Waals surface area contributed by atoms with E-state index in [0.717, 1.165) is 66.1 Å². The van der Waals surface area contributed by atoms with Crippen LogP contribution in [0.1, 0.15) is 42.8 Å². The second-order valence-electron chi connectivity index (χ2n) is 9.22. The zero-order valence-electron chi connectivity index (χ0n) is 18.9. The third kappa shape index (κ3) is 4.05. The number of nitrogens with zero attached hydrogens (tertiary/aromatic N) is 3. The van der Waals surface area contributed by atoms with Gasteiger partial charge in [-0.15, -0.1) is 0 Å². The molecule has 2 aliphatic heterocycles. The fourth-order valence-corrected chi connectivity index (χ4v) is 4.99. The summed E-state index contributed by atoms with van der Waals surface area (Å²) in [4.78, 5) is 10.7. The number of ether oxygens (including phenoxy) is 1. The van der Waals surface area contributed by atoms with Gasteiger partial charge in [0.05, 0.1) is 16.9 Å². The molecule has 3 N–H and O–H groups in total. The van der Waals surface area contributed by atoms with E-state index in [1.165, 1.54) is 25.0 Å². The van der Waals surface area contributed by atoms with E-state index in [-0.39, 0.29) is 0 Å². The van der Waals surface area contributed by atoms with Crippen LogP contribution in [-0.4, -0.2) is 44.2 Å². The molecule has 7 nitrogen and oxygen atoms in total. The average Bonchev–Trinajstić information content (AvgIpc) is 3.57. The summed E-state index contributed by atoms with van der Waals surface area (Å²) < 4.78 is 33.2. The highest BCUT2D eigenvalue weighted by atomic mass is 19.1.